The van der Waals surface area contributed by atoms with Gasteiger partial charge in [0.25, 0.3) is 5.91 Å². The Labute approximate surface area is 178 Å². The SMILES string of the molecule is CCc1c(C(=O)N2CCN(c3ncc(Br)cn3)CC2)cnn1-c1ccc(C)cc1. The van der Waals surface area contributed by atoms with Crippen molar-refractivity contribution < 1.29 is 4.79 Å². The van der Waals surface area contributed by atoms with Crippen LogP contribution in [0.5, 0.6) is 0 Å². The largest absolute Gasteiger partial charge is 0.337 e. The van der Waals surface area contributed by atoms with Crippen molar-refractivity contribution in [3.63, 3.8) is 0 Å². The fourth-order valence-electron chi connectivity index (χ4n) is 3.55. The molecule has 1 aromatic carbocycles. The van der Waals surface area contributed by atoms with Crippen LogP contribution in [0.4, 0.5) is 5.95 Å². The Morgan fingerprint density at radius 3 is 2.31 bits per heavy atom. The van der Waals surface area contributed by atoms with Crippen LogP contribution >= 0.6 is 15.9 Å². The topological polar surface area (TPSA) is 67.2 Å². The summed E-state index contributed by atoms with van der Waals surface area (Å²) in [6.07, 6.45) is 5.92. The molecular weight excluding hydrogens is 432 g/mol. The number of halogens is 1. The van der Waals surface area contributed by atoms with Crippen LogP contribution in [0.2, 0.25) is 0 Å². The lowest BCUT2D eigenvalue weighted by Crippen LogP contribution is -2.49. The molecule has 0 atom stereocenters. The lowest BCUT2D eigenvalue weighted by Gasteiger charge is -2.34. The fraction of sp³-hybridized carbons (Fsp3) is 0.333. The molecule has 4 rings (SSSR count). The average Bonchev–Trinajstić information content (AvgIpc) is 3.18. The van der Waals surface area contributed by atoms with Gasteiger partial charge in [-0.3, -0.25) is 4.79 Å². The maximum Gasteiger partial charge on any atom is 0.257 e. The number of amides is 1. The molecule has 2 aromatic heterocycles. The van der Waals surface area contributed by atoms with Crippen molar-refractivity contribution in [3.8, 4) is 5.69 Å². The number of nitrogens with zero attached hydrogens (tertiary/aromatic N) is 6. The van der Waals surface area contributed by atoms with E-state index in [0.717, 1.165) is 22.3 Å². The van der Waals surface area contributed by atoms with Crippen LogP contribution in [0.3, 0.4) is 0 Å². The molecule has 0 aliphatic carbocycles. The van der Waals surface area contributed by atoms with E-state index in [1.807, 2.05) is 21.7 Å². The van der Waals surface area contributed by atoms with Crippen LogP contribution < -0.4 is 4.90 Å². The molecule has 7 nitrogen and oxygen atoms in total. The second-order valence-electron chi connectivity index (χ2n) is 7.09. The van der Waals surface area contributed by atoms with Crippen molar-refractivity contribution in [1.82, 2.24) is 24.6 Å². The number of piperazine rings is 1. The molecule has 1 aliphatic rings. The summed E-state index contributed by atoms with van der Waals surface area (Å²) in [4.78, 5) is 25.9. The average molecular weight is 455 g/mol. The standard InChI is InChI=1S/C21H23BrN6O/c1-3-19-18(14-25-28(19)17-6-4-15(2)5-7-17)20(29)26-8-10-27(11-9-26)21-23-12-16(22)13-24-21/h4-7,12-14H,3,8-11H2,1-2H3. The van der Waals surface area contributed by atoms with Crippen LogP contribution in [-0.2, 0) is 6.42 Å². The molecular formula is C21H23BrN6O. The first-order valence-electron chi connectivity index (χ1n) is 9.72. The molecule has 0 saturated carbocycles. The van der Waals surface area contributed by atoms with Crippen LogP contribution in [0.15, 0.2) is 47.3 Å². The molecule has 29 heavy (non-hydrogen) atoms. The lowest BCUT2D eigenvalue weighted by molar-refractivity contribution is 0.0745. The fourth-order valence-corrected chi connectivity index (χ4v) is 3.75. The first-order chi connectivity index (χ1) is 14.1. The van der Waals surface area contributed by atoms with E-state index in [1.165, 1.54) is 5.56 Å². The third kappa shape index (κ3) is 4.03. The van der Waals surface area contributed by atoms with E-state index in [4.69, 9.17) is 0 Å². The van der Waals surface area contributed by atoms with Crippen LogP contribution in [0.25, 0.3) is 5.69 Å². The second-order valence-corrected chi connectivity index (χ2v) is 8.00. The van der Waals surface area contributed by atoms with E-state index < -0.39 is 0 Å². The summed E-state index contributed by atoms with van der Waals surface area (Å²) in [5, 5.41) is 4.51. The summed E-state index contributed by atoms with van der Waals surface area (Å²) in [5.41, 5.74) is 3.80. The van der Waals surface area contributed by atoms with E-state index >= 15 is 0 Å². The van der Waals surface area contributed by atoms with Gasteiger partial charge in [-0.25, -0.2) is 14.6 Å². The highest BCUT2D eigenvalue weighted by molar-refractivity contribution is 9.10. The molecule has 0 spiro atoms. The van der Waals surface area contributed by atoms with Gasteiger partial charge in [0.15, 0.2) is 0 Å². The Morgan fingerprint density at radius 1 is 1.03 bits per heavy atom. The minimum Gasteiger partial charge on any atom is -0.337 e. The lowest BCUT2D eigenvalue weighted by atomic mass is 10.1. The van der Waals surface area contributed by atoms with Gasteiger partial charge in [0, 0.05) is 38.6 Å². The molecule has 1 amide bonds. The highest BCUT2D eigenvalue weighted by Crippen LogP contribution is 2.20. The van der Waals surface area contributed by atoms with Crippen molar-refractivity contribution in [3.05, 3.63) is 64.1 Å². The van der Waals surface area contributed by atoms with Gasteiger partial charge in [-0.15, -0.1) is 0 Å². The smallest absolute Gasteiger partial charge is 0.257 e. The van der Waals surface area contributed by atoms with Crippen molar-refractivity contribution in [2.45, 2.75) is 20.3 Å². The first kappa shape index (κ1) is 19.6. The summed E-state index contributed by atoms with van der Waals surface area (Å²) >= 11 is 3.36. The van der Waals surface area contributed by atoms with Gasteiger partial charge in [0.1, 0.15) is 0 Å². The van der Waals surface area contributed by atoms with Crippen molar-refractivity contribution in [2.75, 3.05) is 31.1 Å². The molecule has 0 N–H and O–H groups in total. The monoisotopic (exact) mass is 454 g/mol. The number of rotatable bonds is 4. The molecule has 0 radical (unpaired) electrons. The molecule has 0 unspecified atom stereocenters. The molecule has 8 heteroatoms. The third-order valence-electron chi connectivity index (χ3n) is 5.17. The first-order valence-corrected chi connectivity index (χ1v) is 10.5. The van der Waals surface area contributed by atoms with E-state index in [0.29, 0.717) is 37.7 Å². The third-order valence-corrected chi connectivity index (χ3v) is 5.58. The molecule has 0 bridgehead atoms. The highest BCUT2D eigenvalue weighted by Gasteiger charge is 2.26. The zero-order valence-electron chi connectivity index (χ0n) is 16.5. The van der Waals surface area contributed by atoms with E-state index in [-0.39, 0.29) is 5.91 Å². The Morgan fingerprint density at radius 2 is 1.69 bits per heavy atom. The van der Waals surface area contributed by atoms with Gasteiger partial charge in [0.2, 0.25) is 5.95 Å². The van der Waals surface area contributed by atoms with Gasteiger partial charge >= 0.3 is 0 Å². The second kappa shape index (κ2) is 8.32. The molecule has 3 heterocycles. The Bertz CT molecular complexity index is 991. The highest BCUT2D eigenvalue weighted by atomic mass is 79.9. The van der Waals surface area contributed by atoms with Gasteiger partial charge in [-0.2, -0.15) is 5.10 Å². The molecule has 1 aliphatic heterocycles. The summed E-state index contributed by atoms with van der Waals surface area (Å²) in [7, 11) is 0. The maximum absolute atomic E-state index is 13.2. The summed E-state index contributed by atoms with van der Waals surface area (Å²) in [5.74, 6) is 0.735. The number of anilines is 1. The Kier molecular flexibility index (Phi) is 5.62. The van der Waals surface area contributed by atoms with E-state index in [9.17, 15) is 4.79 Å². The summed E-state index contributed by atoms with van der Waals surface area (Å²) in [6, 6.07) is 8.18. The zero-order chi connectivity index (χ0) is 20.4. The molecule has 1 fully saturated rings. The minimum atomic E-state index is 0.0385. The number of aromatic nitrogens is 4. The number of aryl methyl sites for hydroxylation is 1. The van der Waals surface area contributed by atoms with E-state index in [2.05, 4.69) is 61.9 Å². The van der Waals surface area contributed by atoms with Gasteiger partial charge < -0.3 is 9.80 Å². The number of benzene rings is 1. The summed E-state index contributed by atoms with van der Waals surface area (Å²) in [6.45, 7) is 6.80. The quantitative estimate of drug-likeness (QED) is 0.604. The van der Waals surface area contributed by atoms with Crippen molar-refractivity contribution in [2.24, 2.45) is 0 Å². The molecule has 3 aromatic rings. The zero-order valence-corrected chi connectivity index (χ0v) is 18.1. The molecule has 150 valence electrons. The van der Waals surface area contributed by atoms with E-state index in [1.54, 1.807) is 18.6 Å². The van der Waals surface area contributed by atoms with Gasteiger partial charge in [-0.1, -0.05) is 24.6 Å². The Balaban J connectivity index is 1.49. The number of carbonyl (C=O) groups excluding carboxylic acids is 1. The predicted molar refractivity (Wildman–Crippen MR) is 116 cm³/mol. The summed E-state index contributed by atoms with van der Waals surface area (Å²) < 4.78 is 2.73. The normalized spacial score (nSPS) is 14.3. The minimum absolute atomic E-state index is 0.0385. The van der Waals surface area contributed by atoms with Gasteiger partial charge in [-0.05, 0) is 41.4 Å². The molecule has 1 saturated heterocycles. The number of hydrogen-bond donors (Lipinski definition) is 0. The maximum atomic E-state index is 13.2. The Hall–Kier alpha value is -2.74. The number of carbonyl (C=O) groups is 1. The van der Waals surface area contributed by atoms with Crippen molar-refractivity contribution >= 4 is 27.8 Å². The van der Waals surface area contributed by atoms with Crippen LogP contribution in [0.1, 0.15) is 28.5 Å². The van der Waals surface area contributed by atoms with Crippen molar-refractivity contribution in [1.29, 1.82) is 0 Å². The van der Waals surface area contributed by atoms with Crippen LogP contribution in [-0.4, -0.2) is 56.7 Å². The predicted octanol–water partition coefficient (Wildman–Crippen LogP) is 3.26. The van der Waals surface area contributed by atoms with Gasteiger partial charge in [0.05, 0.1) is 27.6 Å². The van der Waals surface area contributed by atoms with Crippen LogP contribution in [0, 0.1) is 6.92 Å². The number of hydrogen-bond acceptors (Lipinski definition) is 5.